The zero-order valence-corrected chi connectivity index (χ0v) is 13.0. The Kier molecular flexibility index (Phi) is 5.65. The first-order valence-corrected chi connectivity index (χ1v) is 7.31. The summed E-state index contributed by atoms with van der Waals surface area (Å²) in [4.78, 5) is 0. The summed E-state index contributed by atoms with van der Waals surface area (Å²) >= 11 is 0. The van der Waals surface area contributed by atoms with Crippen molar-refractivity contribution in [3.63, 3.8) is 0 Å². The van der Waals surface area contributed by atoms with Crippen molar-refractivity contribution in [2.24, 2.45) is 5.92 Å². The zero-order valence-electron chi connectivity index (χ0n) is 13.0. The first kappa shape index (κ1) is 15.9. The van der Waals surface area contributed by atoms with Crippen molar-refractivity contribution < 1.29 is 18.9 Å². The van der Waals surface area contributed by atoms with Gasteiger partial charge in [-0.25, -0.2) is 0 Å². The number of methoxy groups -OCH3 is 1. The molecule has 0 radical (unpaired) electrons. The summed E-state index contributed by atoms with van der Waals surface area (Å²) in [5, 5.41) is 0. The highest BCUT2D eigenvalue weighted by molar-refractivity contribution is 5.43. The molecule has 1 heterocycles. The summed E-state index contributed by atoms with van der Waals surface area (Å²) in [7, 11) is 1.64. The Morgan fingerprint density at radius 3 is 2.81 bits per heavy atom. The van der Waals surface area contributed by atoms with Crippen molar-refractivity contribution in [2.75, 3.05) is 20.3 Å². The van der Waals surface area contributed by atoms with Gasteiger partial charge < -0.3 is 18.9 Å². The van der Waals surface area contributed by atoms with Crippen LogP contribution in [0, 0.1) is 5.92 Å². The molecule has 1 aliphatic rings. The molecule has 1 aliphatic heterocycles. The fourth-order valence-corrected chi connectivity index (χ4v) is 2.21. The topological polar surface area (TPSA) is 36.9 Å². The van der Waals surface area contributed by atoms with Gasteiger partial charge in [-0.2, -0.15) is 0 Å². The van der Waals surface area contributed by atoms with Crippen molar-refractivity contribution in [3.8, 4) is 11.5 Å². The van der Waals surface area contributed by atoms with Gasteiger partial charge in [0.05, 0.1) is 13.7 Å². The van der Waals surface area contributed by atoms with E-state index >= 15 is 0 Å². The monoisotopic (exact) mass is 292 g/mol. The van der Waals surface area contributed by atoms with E-state index in [1.165, 1.54) is 0 Å². The third-order valence-electron chi connectivity index (χ3n) is 3.35. The SMILES string of the molecule is C=CCc1ccc(OC[C@@H]2CO[C@H](C(C)C)O2)c(OC)c1. The predicted molar refractivity (Wildman–Crippen MR) is 81.8 cm³/mol. The number of hydrogen-bond donors (Lipinski definition) is 0. The lowest BCUT2D eigenvalue weighted by Crippen LogP contribution is -2.22. The fourth-order valence-electron chi connectivity index (χ4n) is 2.21. The highest BCUT2D eigenvalue weighted by Gasteiger charge is 2.28. The Balaban J connectivity index is 1.92. The quantitative estimate of drug-likeness (QED) is 0.723. The summed E-state index contributed by atoms with van der Waals surface area (Å²) in [6.45, 7) is 8.93. The van der Waals surface area contributed by atoms with Crippen molar-refractivity contribution >= 4 is 0 Å². The lowest BCUT2D eigenvalue weighted by Gasteiger charge is -2.16. The summed E-state index contributed by atoms with van der Waals surface area (Å²) in [5.74, 6) is 1.80. The van der Waals surface area contributed by atoms with Gasteiger partial charge in [-0.3, -0.25) is 0 Å². The summed E-state index contributed by atoms with van der Waals surface area (Å²) < 4.78 is 22.6. The molecule has 0 saturated carbocycles. The molecule has 0 aromatic heterocycles. The first-order valence-electron chi connectivity index (χ1n) is 7.31. The van der Waals surface area contributed by atoms with Crippen LogP contribution >= 0.6 is 0 Å². The Morgan fingerprint density at radius 2 is 2.19 bits per heavy atom. The molecule has 0 bridgehead atoms. The number of rotatable bonds is 7. The van der Waals surface area contributed by atoms with E-state index in [4.69, 9.17) is 18.9 Å². The van der Waals surface area contributed by atoms with Gasteiger partial charge in [0.1, 0.15) is 12.7 Å². The highest BCUT2D eigenvalue weighted by Crippen LogP contribution is 2.29. The van der Waals surface area contributed by atoms with Gasteiger partial charge in [-0.1, -0.05) is 26.0 Å². The molecule has 1 fully saturated rings. The van der Waals surface area contributed by atoms with E-state index in [0.717, 1.165) is 23.5 Å². The van der Waals surface area contributed by atoms with E-state index in [9.17, 15) is 0 Å². The molecule has 0 spiro atoms. The molecule has 2 rings (SSSR count). The van der Waals surface area contributed by atoms with Crippen LogP contribution in [0.5, 0.6) is 11.5 Å². The standard InChI is InChI=1S/C17H24O4/c1-5-6-13-7-8-15(16(9-13)18-4)19-10-14-11-20-17(21-14)12(2)3/h5,7-9,12,14,17H,1,6,10-11H2,2-4H3/t14-,17+/m1/s1. The minimum atomic E-state index is -0.129. The molecule has 2 atom stereocenters. The summed E-state index contributed by atoms with van der Waals surface area (Å²) in [6.07, 6.45) is 2.52. The van der Waals surface area contributed by atoms with Gasteiger partial charge >= 0.3 is 0 Å². The second-order valence-corrected chi connectivity index (χ2v) is 5.49. The number of hydrogen-bond acceptors (Lipinski definition) is 4. The highest BCUT2D eigenvalue weighted by atomic mass is 16.7. The smallest absolute Gasteiger partial charge is 0.161 e. The van der Waals surface area contributed by atoms with E-state index in [1.807, 2.05) is 24.3 Å². The van der Waals surface area contributed by atoms with Crippen molar-refractivity contribution in [1.82, 2.24) is 0 Å². The fraction of sp³-hybridized carbons (Fsp3) is 0.529. The minimum absolute atomic E-state index is 0.0324. The van der Waals surface area contributed by atoms with E-state index in [0.29, 0.717) is 19.1 Å². The van der Waals surface area contributed by atoms with E-state index < -0.39 is 0 Å². The third-order valence-corrected chi connectivity index (χ3v) is 3.35. The Hall–Kier alpha value is -1.52. The lowest BCUT2D eigenvalue weighted by atomic mass is 10.1. The zero-order chi connectivity index (χ0) is 15.2. The second-order valence-electron chi connectivity index (χ2n) is 5.49. The number of benzene rings is 1. The van der Waals surface area contributed by atoms with Crippen LogP contribution in [0.25, 0.3) is 0 Å². The van der Waals surface area contributed by atoms with Gasteiger partial charge in [0.25, 0.3) is 0 Å². The third kappa shape index (κ3) is 4.22. The Bertz CT molecular complexity index is 470. The average Bonchev–Trinajstić information content (AvgIpc) is 2.95. The molecule has 4 nitrogen and oxygen atoms in total. The van der Waals surface area contributed by atoms with Crippen LogP contribution in [-0.4, -0.2) is 32.7 Å². The Labute approximate surface area is 126 Å². The molecular formula is C17H24O4. The minimum Gasteiger partial charge on any atom is -0.493 e. The second kappa shape index (κ2) is 7.48. The molecule has 21 heavy (non-hydrogen) atoms. The van der Waals surface area contributed by atoms with E-state index in [2.05, 4.69) is 20.4 Å². The maximum atomic E-state index is 5.82. The van der Waals surface area contributed by atoms with Crippen LogP contribution < -0.4 is 9.47 Å². The van der Waals surface area contributed by atoms with Crippen LogP contribution in [0.4, 0.5) is 0 Å². The van der Waals surface area contributed by atoms with E-state index in [-0.39, 0.29) is 12.4 Å². The van der Waals surface area contributed by atoms with Crippen molar-refractivity contribution in [1.29, 1.82) is 0 Å². The van der Waals surface area contributed by atoms with Crippen molar-refractivity contribution in [2.45, 2.75) is 32.7 Å². The van der Waals surface area contributed by atoms with Crippen LogP contribution in [0.1, 0.15) is 19.4 Å². The molecule has 4 heteroatoms. The predicted octanol–water partition coefficient (Wildman–Crippen LogP) is 3.20. The number of ether oxygens (including phenoxy) is 4. The lowest BCUT2D eigenvalue weighted by molar-refractivity contribution is -0.0915. The van der Waals surface area contributed by atoms with Gasteiger partial charge in [-0.05, 0) is 24.1 Å². The van der Waals surface area contributed by atoms with Gasteiger partial charge in [0, 0.05) is 5.92 Å². The van der Waals surface area contributed by atoms with Gasteiger partial charge in [0.2, 0.25) is 0 Å². The molecule has 1 saturated heterocycles. The van der Waals surface area contributed by atoms with Crippen LogP contribution in [0.2, 0.25) is 0 Å². The van der Waals surface area contributed by atoms with E-state index in [1.54, 1.807) is 7.11 Å². The van der Waals surface area contributed by atoms with Crippen LogP contribution in [-0.2, 0) is 15.9 Å². The molecule has 0 unspecified atom stereocenters. The molecule has 0 aliphatic carbocycles. The van der Waals surface area contributed by atoms with Gasteiger partial charge in [0.15, 0.2) is 17.8 Å². The number of allylic oxidation sites excluding steroid dienone is 1. The average molecular weight is 292 g/mol. The first-order chi connectivity index (χ1) is 10.1. The Morgan fingerprint density at radius 1 is 1.38 bits per heavy atom. The molecule has 0 amide bonds. The molecular weight excluding hydrogens is 268 g/mol. The van der Waals surface area contributed by atoms with Crippen molar-refractivity contribution in [3.05, 3.63) is 36.4 Å². The largest absolute Gasteiger partial charge is 0.493 e. The maximum Gasteiger partial charge on any atom is 0.161 e. The molecule has 1 aromatic carbocycles. The molecule has 0 N–H and O–H groups in total. The maximum absolute atomic E-state index is 5.82. The summed E-state index contributed by atoms with van der Waals surface area (Å²) in [6, 6.07) is 5.91. The summed E-state index contributed by atoms with van der Waals surface area (Å²) in [5.41, 5.74) is 1.15. The molecule has 116 valence electrons. The molecule has 1 aromatic rings. The van der Waals surface area contributed by atoms with Crippen LogP contribution in [0.15, 0.2) is 30.9 Å². The normalized spacial score (nSPS) is 21.5. The van der Waals surface area contributed by atoms with Crippen LogP contribution in [0.3, 0.4) is 0 Å². The van der Waals surface area contributed by atoms with Gasteiger partial charge in [-0.15, -0.1) is 6.58 Å².